The van der Waals surface area contributed by atoms with Gasteiger partial charge in [-0.1, -0.05) is 12.1 Å². The van der Waals surface area contributed by atoms with Gasteiger partial charge in [0.1, 0.15) is 5.75 Å². The molecule has 2 saturated heterocycles. The van der Waals surface area contributed by atoms with Crippen molar-refractivity contribution < 1.29 is 9.47 Å². The highest BCUT2D eigenvalue weighted by molar-refractivity contribution is 6.17. The van der Waals surface area contributed by atoms with Crippen LogP contribution in [0.2, 0.25) is 0 Å². The van der Waals surface area contributed by atoms with Crippen molar-refractivity contribution in [2.75, 3.05) is 45.3 Å². The monoisotopic (exact) mass is 366 g/mol. The normalized spacial score (nSPS) is 23.7. The molecule has 25 heavy (non-hydrogen) atoms. The molecule has 5 heteroatoms. The number of hydrogen-bond donors (Lipinski definition) is 0. The van der Waals surface area contributed by atoms with E-state index in [4.69, 9.17) is 21.1 Å². The molecule has 0 unspecified atom stereocenters. The number of halogens is 1. The van der Waals surface area contributed by atoms with E-state index in [0.717, 1.165) is 44.5 Å². The molecule has 140 valence electrons. The Morgan fingerprint density at radius 3 is 2.60 bits per heavy atom. The maximum absolute atomic E-state index is 5.67. The van der Waals surface area contributed by atoms with E-state index in [2.05, 4.69) is 41.0 Å². The van der Waals surface area contributed by atoms with Gasteiger partial charge in [-0.3, -0.25) is 9.80 Å². The van der Waals surface area contributed by atoms with E-state index in [0.29, 0.717) is 18.6 Å². The third-order valence-corrected chi connectivity index (χ3v) is 5.49. The van der Waals surface area contributed by atoms with Gasteiger partial charge in [-0.25, -0.2) is 0 Å². The Morgan fingerprint density at radius 1 is 1.16 bits per heavy atom. The average molecular weight is 367 g/mol. The van der Waals surface area contributed by atoms with Gasteiger partial charge < -0.3 is 9.47 Å². The Hall–Kier alpha value is -0.810. The van der Waals surface area contributed by atoms with Gasteiger partial charge in [0.15, 0.2) is 0 Å². The van der Waals surface area contributed by atoms with Crippen LogP contribution in [0.1, 0.15) is 31.7 Å². The summed E-state index contributed by atoms with van der Waals surface area (Å²) in [7, 11) is 0. The smallest absolute Gasteiger partial charge is 0.119 e. The summed E-state index contributed by atoms with van der Waals surface area (Å²) in [6.45, 7) is 9.36. The number of benzene rings is 1. The molecular formula is C20H31ClN2O2. The zero-order valence-corrected chi connectivity index (χ0v) is 16.1. The van der Waals surface area contributed by atoms with Gasteiger partial charge in [-0.15, -0.1) is 11.6 Å². The molecule has 0 spiro atoms. The van der Waals surface area contributed by atoms with Crippen molar-refractivity contribution in [3.8, 4) is 5.75 Å². The van der Waals surface area contributed by atoms with Gasteiger partial charge in [-0.05, 0) is 57.0 Å². The van der Waals surface area contributed by atoms with Crippen LogP contribution in [0.25, 0.3) is 0 Å². The molecule has 2 aliphatic rings. The third-order valence-electron chi connectivity index (χ3n) is 5.22. The lowest BCUT2D eigenvalue weighted by molar-refractivity contribution is -0.0437. The lowest BCUT2D eigenvalue weighted by Gasteiger charge is -2.41. The molecule has 0 bridgehead atoms. The topological polar surface area (TPSA) is 24.9 Å². The number of piperidine rings is 1. The summed E-state index contributed by atoms with van der Waals surface area (Å²) in [5.41, 5.74) is 1.36. The summed E-state index contributed by atoms with van der Waals surface area (Å²) in [4.78, 5) is 5.21. The fourth-order valence-electron chi connectivity index (χ4n) is 3.81. The number of rotatable bonds is 7. The highest BCUT2D eigenvalue weighted by atomic mass is 35.5. The molecule has 2 heterocycles. The van der Waals surface area contributed by atoms with E-state index in [1.165, 1.54) is 31.5 Å². The SMILES string of the molecule is C[C@@H]1CN(C2CCN(Cc3ccc(OCCCCl)cc3)CC2)CCO1. The summed E-state index contributed by atoms with van der Waals surface area (Å²) >= 11 is 5.67. The quantitative estimate of drug-likeness (QED) is 0.545. The second-order valence-electron chi connectivity index (χ2n) is 7.22. The zero-order chi connectivity index (χ0) is 17.5. The molecule has 0 N–H and O–H groups in total. The van der Waals surface area contributed by atoms with E-state index in [1.54, 1.807) is 0 Å². The van der Waals surface area contributed by atoms with E-state index in [1.807, 2.05) is 0 Å². The van der Waals surface area contributed by atoms with Crippen LogP contribution in [0.15, 0.2) is 24.3 Å². The Labute approximate surface area is 157 Å². The molecule has 4 nitrogen and oxygen atoms in total. The third kappa shape index (κ3) is 5.85. The maximum Gasteiger partial charge on any atom is 0.119 e. The lowest BCUT2D eigenvalue weighted by Crippen LogP contribution is -2.50. The van der Waals surface area contributed by atoms with Crippen LogP contribution >= 0.6 is 11.6 Å². The minimum Gasteiger partial charge on any atom is -0.494 e. The summed E-state index contributed by atoms with van der Waals surface area (Å²) in [5, 5.41) is 0. The van der Waals surface area contributed by atoms with Crippen molar-refractivity contribution in [3.63, 3.8) is 0 Å². The second kappa shape index (κ2) is 9.77. The largest absolute Gasteiger partial charge is 0.494 e. The van der Waals surface area contributed by atoms with Crippen molar-refractivity contribution in [1.82, 2.24) is 9.80 Å². The first kappa shape index (κ1) is 19.0. The number of alkyl halides is 1. The fraction of sp³-hybridized carbons (Fsp3) is 0.700. The van der Waals surface area contributed by atoms with E-state index in [9.17, 15) is 0 Å². The van der Waals surface area contributed by atoms with Crippen molar-refractivity contribution >= 4 is 11.6 Å². The van der Waals surface area contributed by atoms with Gasteiger partial charge in [0, 0.05) is 31.6 Å². The van der Waals surface area contributed by atoms with Crippen LogP contribution < -0.4 is 4.74 Å². The standard InChI is InChI=1S/C20H31ClN2O2/c1-17-15-23(12-14-24-17)19-7-10-22(11-8-19)16-18-3-5-20(6-4-18)25-13-2-9-21/h3-6,17,19H,2,7-16H2,1H3/t17-/m1/s1. The van der Waals surface area contributed by atoms with Gasteiger partial charge in [-0.2, -0.15) is 0 Å². The summed E-state index contributed by atoms with van der Waals surface area (Å²) in [6, 6.07) is 9.26. The van der Waals surface area contributed by atoms with E-state index in [-0.39, 0.29) is 0 Å². The molecule has 0 saturated carbocycles. The maximum atomic E-state index is 5.67. The van der Waals surface area contributed by atoms with Crippen LogP contribution in [-0.2, 0) is 11.3 Å². The highest BCUT2D eigenvalue weighted by Crippen LogP contribution is 2.21. The Balaban J connectivity index is 1.41. The van der Waals surface area contributed by atoms with E-state index < -0.39 is 0 Å². The Kier molecular flexibility index (Phi) is 7.41. The predicted octanol–water partition coefficient (Wildman–Crippen LogP) is 3.38. The zero-order valence-electron chi connectivity index (χ0n) is 15.3. The van der Waals surface area contributed by atoms with Crippen molar-refractivity contribution in [3.05, 3.63) is 29.8 Å². The number of hydrogen-bond acceptors (Lipinski definition) is 4. The van der Waals surface area contributed by atoms with Crippen LogP contribution in [0.5, 0.6) is 5.75 Å². The molecule has 0 aliphatic carbocycles. The van der Waals surface area contributed by atoms with Crippen molar-refractivity contribution in [2.24, 2.45) is 0 Å². The lowest BCUT2D eigenvalue weighted by atomic mass is 10.0. The van der Waals surface area contributed by atoms with Gasteiger partial charge >= 0.3 is 0 Å². The fourth-order valence-corrected chi connectivity index (χ4v) is 3.92. The number of nitrogens with zero attached hydrogens (tertiary/aromatic N) is 2. The molecule has 1 atom stereocenters. The van der Waals surface area contributed by atoms with Crippen molar-refractivity contribution in [2.45, 2.75) is 44.9 Å². The van der Waals surface area contributed by atoms with Gasteiger partial charge in [0.2, 0.25) is 0 Å². The average Bonchev–Trinajstić information content (AvgIpc) is 2.64. The predicted molar refractivity (Wildman–Crippen MR) is 103 cm³/mol. The Morgan fingerprint density at radius 2 is 1.92 bits per heavy atom. The summed E-state index contributed by atoms with van der Waals surface area (Å²) in [5.74, 6) is 1.59. The molecule has 3 rings (SSSR count). The molecule has 2 aliphatic heterocycles. The molecule has 1 aromatic rings. The van der Waals surface area contributed by atoms with Gasteiger partial charge in [0.05, 0.1) is 19.3 Å². The molecular weight excluding hydrogens is 336 g/mol. The number of likely N-dealkylation sites (tertiary alicyclic amines) is 1. The number of ether oxygens (including phenoxy) is 2. The Bertz CT molecular complexity index is 503. The summed E-state index contributed by atoms with van der Waals surface area (Å²) in [6.07, 6.45) is 3.82. The molecule has 1 aromatic carbocycles. The van der Waals surface area contributed by atoms with Crippen LogP contribution in [0.4, 0.5) is 0 Å². The first-order valence-corrected chi connectivity index (χ1v) is 10.1. The molecule has 2 fully saturated rings. The molecule has 0 amide bonds. The minimum absolute atomic E-state index is 0.386. The van der Waals surface area contributed by atoms with Crippen LogP contribution in [0, 0.1) is 0 Å². The van der Waals surface area contributed by atoms with Crippen molar-refractivity contribution in [1.29, 1.82) is 0 Å². The second-order valence-corrected chi connectivity index (χ2v) is 7.60. The highest BCUT2D eigenvalue weighted by Gasteiger charge is 2.27. The first-order chi connectivity index (χ1) is 12.2. The first-order valence-electron chi connectivity index (χ1n) is 9.60. The molecule has 0 radical (unpaired) electrons. The minimum atomic E-state index is 0.386. The van der Waals surface area contributed by atoms with Crippen LogP contribution in [0.3, 0.4) is 0 Å². The number of morpholine rings is 1. The molecule has 0 aromatic heterocycles. The van der Waals surface area contributed by atoms with E-state index >= 15 is 0 Å². The van der Waals surface area contributed by atoms with Crippen LogP contribution in [-0.4, -0.2) is 67.2 Å². The summed E-state index contributed by atoms with van der Waals surface area (Å²) < 4.78 is 11.3. The van der Waals surface area contributed by atoms with Gasteiger partial charge in [0.25, 0.3) is 0 Å².